The van der Waals surface area contributed by atoms with Crippen LogP contribution in [0, 0.1) is 6.92 Å². The molecule has 0 atom stereocenters. The van der Waals surface area contributed by atoms with Crippen LogP contribution in [0.3, 0.4) is 0 Å². The van der Waals surface area contributed by atoms with Crippen LogP contribution >= 0.6 is 11.3 Å². The molecule has 8 heteroatoms. The topological polar surface area (TPSA) is 83.3 Å². The third-order valence-corrected chi connectivity index (χ3v) is 5.61. The summed E-state index contributed by atoms with van der Waals surface area (Å²) in [6.07, 6.45) is 0. The molecule has 0 fully saturated rings. The molecule has 0 aliphatic heterocycles. The minimum Gasteiger partial charge on any atom is -0.497 e. The van der Waals surface area contributed by atoms with Gasteiger partial charge in [0.25, 0.3) is 5.56 Å². The molecule has 0 saturated carbocycles. The van der Waals surface area contributed by atoms with E-state index >= 15 is 0 Å². The molecule has 2 heterocycles. The fraction of sp³-hybridized carbons (Fsp3) is 0.182. The molecule has 152 valence electrons. The summed E-state index contributed by atoms with van der Waals surface area (Å²) in [4.78, 5) is 30.2. The van der Waals surface area contributed by atoms with E-state index in [4.69, 9.17) is 9.47 Å². The first-order valence-electron chi connectivity index (χ1n) is 9.20. The second kappa shape index (κ2) is 8.08. The number of benzene rings is 2. The van der Waals surface area contributed by atoms with Crippen LogP contribution in [0.2, 0.25) is 0 Å². The predicted octanol–water partition coefficient (Wildman–Crippen LogP) is 3.73. The maximum Gasteiger partial charge on any atom is 0.294 e. The fourth-order valence-corrected chi connectivity index (χ4v) is 4.07. The molecule has 30 heavy (non-hydrogen) atoms. The molecule has 2 aromatic heterocycles. The van der Waals surface area contributed by atoms with E-state index in [9.17, 15) is 9.59 Å². The van der Waals surface area contributed by atoms with Crippen LogP contribution in [0.25, 0.3) is 21.5 Å². The second-order valence-electron chi connectivity index (χ2n) is 6.61. The van der Waals surface area contributed by atoms with Gasteiger partial charge in [0.1, 0.15) is 23.7 Å². The van der Waals surface area contributed by atoms with E-state index in [1.165, 1.54) is 23.1 Å². The Balaban J connectivity index is 1.83. The molecule has 0 N–H and O–H groups in total. The lowest BCUT2D eigenvalue weighted by Gasteiger charge is -2.10. The minimum absolute atomic E-state index is 0.199. The SMILES string of the molecule is COc1cccc(C(=O)Cn2nc(-c3cccc(OC)c3)c3sc(C)nc3c2=O)c1. The van der Waals surface area contributed by atoms with Crippen molar-refractivity contribution in [1.82, 2.24) is 14.8 Å². The number of hydrogen-bond donors (Lipinski definition) is 0. The van der Waals surface area contributed by atoms with Gasteiger partial charge in [-0.25, -0.2) is 9.67 Å². The van der Waals surface area contributed by atoms with Crippen molar-refractivity contribution in [2.75, 3.05) is 14.2 Å². The molecule has 0 unspecified atom stereocenters. The van der Waals surface area contributed by atoms with Crippen molar-refractivity contribution in [1.29, 1.82) is 0 Å². The van der Waals surface area contributed by atoms with E-state index in [-0.39, 0.29) is 12.3 Å². The number of hydrogen-bond acceptors (Lipinski definition) is 7. The van der Waals surface area contributed by atoms with E-state index in [1.807, 2.05) is 31.2 Å². The van der Waals surface area contributed by atoms with Crippen LogP contribution < -0.4 is 15.0 Å². The number of carbonyl (C=O) groups is 1. The molecule has 4 rings (SSSR count). The fourth-order valence-electron chi connectivity index (χ4n) is 3.16. The standard InChI is InChI=1S/C22H19N3O4S/c1-13-23-20-21(30-13)19(15-7-5-9-17(11-15)29-3)24-25(22(20)27)12-18(26)14-6-4-8-16(10-14)28-2/h4-11H,12H2,1-3H3. The van der Waals surface area contributed by atoms with Crippen molar-refractivity contribution in [3.8, 4) is 22.8 Å². The summed E-state index contributed by atoms with van der Waals surface area (Å²) in [5, 5.41) is 5.29. The van der Waals surface area contributed by atoms with Crippen LogP contribution in [0.5, 0.6) is 11.5 Å². The summed E-state index contributed by atoms with van der Waals surface area (Å²) in [6, 6.07) is 14.2. The molecule has 7 nitrogen and oxygen atoms in total. The molecule has 0 bridgehead atoms. The van der Waals surface area contributed by atoms with E-state index in [0.29, 0.717) is 33.0 Å². The molecule has 0 aliphatic carbocycles. The summed E-state index contributed by atoms with van der Waals surface area (Å²) in [5.74, 6) is 1.00. The highest BCUT2D eigenvalue weighted by atomic mass is 32.1. The highest BCUT2D eigenvalue weighted by Crippen LogP contribution is 2.31. The van der Waals surface area contributed by atoms with Crippen LogP contribution in [0.4, 0.5) is 0 Å². The van der Waals surface area contributed by atoms with E-state index in [0.717, 1.165) is 10.6 Å². The Morgan fingerprint density at radius 3 is 2.50 bits per heavy atom. The zero-order valence-corrected chi connectivity index (χ0v) is 17.5. The van der Waals surface area contributed by atoms with Gasteiger partial charge in [0, 0.05) is 11.1 Å². The van der Waals surface area contributed by atoms with Gasteiger partial charge < -0.3 is 9.47 Å². The van der Waals surface area contributed by atoms with E-state index in [1.54, 1.807) is 31.4 Å². The first-order valence-corrected chi connectivity index (χ1v) is 10.0. The summed E-state index contributed by atoms with van der Waals surface area (Å²) >= 11 is 1.40. The Morgan fingerprint density at radius 2 is 1.77 bits per heavy atom. The van der Waals surface area contributed by atoms with Crippen molar-refractivity contribution >= 4 is 27.3 Å². The number of nitrogens with zero attached hydrogens (tertiary/aromatic N) is 3. The minimum atomic E-state index is -0.391. The molecule has 0 radical (unpaired) electrons. The molecular formula is C22H19N3O4S. The molecule has 0 spiro atoms. The highest BCUT2D eigenvalue weighted by molar-refractivity contribution is 7.19. The predicted molar refractivity (Wildman–Crippen MR) is 116 cm³/mol. The lowest BCUT2D eigenvalue weighted by Crippen LogP contribution is -2.27. The van der Waals surface area contributed by atoms with Crippen LogP contribution in [-0.2, 0) is 6.54 Å². The van der Waals surface area contributed by atoms with Crippen LogP contribution in [0.15, 0.2) is 53.3 Å². The van der Waals surface area contributed by atoms with Crippen LogP contribution in [0.1, 0.15) is 15.4 Å². The van der Waals surface area contributed by atoms with Gasteiger partial charge in [-0.1, -0.05) is 24.3 Å². The highest BCUT2D eigenvalue weighted by Gasteiger charge is 2.19. The zero-order chi connectivity index (χ0) is 21.3. The number of fused-ring (bicyclic) bond motifs is 1. The van der Waals surface area contributed by atoms with Crippen molar-refractivity contribution in [2.24, 2.45) is 0 Å². The largest absolute Gasteiger partial charge is 0.497 e. The molecule has 2 aromatic carbocycles. The van der Waals surface area contributed by atoms with Gasteiger partial charge in [-0.05, 0) is 31.2 Å². The average Bonchev–Trinajstić information content (AvgIpc) is 3.17. The number of thiazole rings is 1. The van der Waals surface area contributed by atoms with E-state index in [2.05, 4.69) is 10.1 Å². The number of Topliss-reactive ketones (excluding diaryl/α,β-unsaturated/α-hetero) is 1. The lowest BCUT2D eigenvalue weighted by atomic mass is 10.1. The van der Waals surface area contributed by atoms with Gasteiger partial charge in [0.2, 0.25) is 0 Å². The normalized spacial score (nSPS) is 10.9. The third-order valence-electron chi connectivity index (χ3n) is 4.64. The smallest absolute Gasteiger partial charge is 0.294 e. The number of carbonyl (C=O) groups excluding carboxylic acids is 1. The Kier molecular flexibility index (Phi) is 5.33. The monoisotopic (exact) mass is 421 g/mol. The molecular weight excluding hydrogens is 402 g/mol. The number of aryl methyl sites for hydroxylation is 1. The average molecular weight is 421 g/mol. The van der Waals surface area contributed by atoms with Gasteiger partial charge in [-0.2, -0.15) is 5.10 Å². The number of ketones is 1. The Morgan fingerprint density at radius 1 is 1.07 bits per heavy atom. The molecule has 0 saturated heterocycles. The molecule has 4 aromatic rings. The maximum absolute atomic E-state index is 13.0. The summed E-state index contributed by atoms with van der Waals surface area (Å²) in [7, 11) is 3.13. The van der Waals surface area contributed by atoms with Crippen molar-refractivity contribution in [3.63, 3.8) is 0 Å². The van der Waals surface area contributed by atoms with Crippen molar-refractivity contribution < 1.29 is 14.3 Å². The molecule has 0 aliphatic rings. The Labute approximate surface area is 176 Å². The first kappa shape index (κ1) is 19.8. The summed E-state index contributed by atoms with van der Waals surface area (Å²) in [5.41, 5.74) is 1.74. The maximum atomic E-state index is 13.0. The number of methoxy groups -OCH3 is 2. The van der Waals surface area contributed by atoms with Gasteiger partial charge in [0.05, 0.1) is 23.9 Å². The van der Waals surface area contributed by atoms with E-state index < -0.39 is 5.56 Å². The van der Waals surface area contributed by atoms with Crippen molar-refractivity contribution in [2.45, 2.75) is 13.5 Å². The zero-order valence-electron chi connectivity index (χ0n) is 16.7. The number of ether oxygens (including phenoxy) is 2. The molecule has 0 amide bonds. The second-order valence-corrected chi connectivity index (χ2v) is 7.81. The van der Waals surface area contributed by atoms with Crippen molar-refractivity contribution in [3.05, 3.63) is 69.5 Å². The number of aromatic nitrogens is 3. The third kappa shape index (κ3) is 3.69. The first-order chi connectivity index (χ1) is 14.5. The van der Waals surface area contributed by atoms with Gasteiger partial charge in [-0.15, -0.1) is 11.3 Å². The van der Waals surface area contributed by atoms with Gasteiger partial charge in [0.15, 0.2) is 11.3 Å². The summed E-state index contributed by atoms with van der Waals surface area (Å²) < 4.78 is 12.4. The van der Waals surface area contributed by atoms with Gasteiger partial charge >= 0.3 is 0 Å². The lowest BCUT2D eigenvalue weighted by molar-refractivity contribution is 0.0965. The van der Waals surface area contributed by atoms with Crippen LogP contribution in [-0.4, -0.2) is 34.8 Å². The number of rotatable bonds is 6. The Hall–Kier alpha value is -3.52. The Bertz CT molecular complexity index is 1310. The summed E-state index contributed by atoms with van der Waals surface area (Å²) in [6.45, 7) is 1.64. The van der Waals surface area contributed by atoms with Gasteiger partial charge in [-0.3, -0.25) is 9.59 Å². The quantitative estimate of drug-likeness (QED) is 0.441.